The van der Waals surface area contributed by atoms with Gasteiger partial charge in [-0.2, -0.15) is 0 Å². The minimum Gasteiger partial charge on any atom is -0.481 e. The maximum atomic E-state index is 10.7. The van der Waals surface area contributed by atoms with E-state index in [4.69, 9.17) is 5.11 Å². The molecular formula is C17H34O3. The highest BCUT2D eigenvalue weighted by molar-refractivity contribution is 5.69. The average molecular weight is 286 g/mol. The van der Waals surface area contributed by atoms with Gasteiger partial charge in [0.05, 0.1) is 12.0 Å². The molecule has 0 saturated carbocycles. The maximum absolute atomic E-state index is 10.7. The van der Waals surface area contributed by atoms with E-state index in [0.29, 0.717) is 6.42 Å². The molecule has 0 fully saturated rings. The lowest BCUT2D eigenvalue weighted by molar-refractivity contribution is -0.142. The van der Waals surface area contributed by atoms with E-state index >= 15 is 0 Å². The zero-order chi connectivity index (χ0) is 15.2. The third-order valence-corrected chi connectivity index (χ3v) is 3.94. The van der Waals surface area contributed by atoms with Gasteiger partial charge in [0, 0.05) is 0 Å². The SMILES string of the molecule is CCCCCCCCCCCCC(O)CC(C)C(=O)O. The molecule has 3 heteroatoms. The molecule has 0 aromatic heterocycles. The number of rotatable bonds is 14. The predicted octanol–water partition coefficient (Wildman–Crippen LogP) is 4.77. The van der Waals surface area contributed by atoms with Crippen LogP contribution in [0.3, 0.4) is 0 Å². The lowest BCUT2D eigenvalue weighted by Gasteiger charge is -2.13. The normalized spacial score (nSPS) is 14.2. The Kier molecular flexibility index (Phi) is 13.0. The molecule has 20 heavy (non-hydrogen) atoms. The number of aliphatic hydroxyl groups excluding tert-OH is 1. The summed E-state index contributed by atoms with van der Waals surface area (Å²) in [6, 6.07) is 0. The molecule has 0 aliphatic rings. The first-order valence-corrected chi connectivity index (χ1v) is 8.48. The van der Waals surface area contributed by atoms with Gasteiger partial charge in [0.1, 0.15) is 0 Å². The van der Waals surface area contributed by atoms with E-state index in [0.717, 1.165) is 19.3 Å². The van der Waals surface area contributed by atoms with E-state index in [1.165, 1.54) is 51.4 Å². The Labute approximate surface area is 124 Å². The summed E-state index contributed by atoms with van der Waals surface area (Å²) in [7, 11) is 0. The van der Waals surface area contributed by atoms with Gasteiger partial charge < -0.3 is 10.2 Å². The first kappa shape index (κ1) is 19.4. The van der Waals surface area contributed by atoms with Crippen LogP contribution in [0.1, 0.15) is 90.9 Å². The van der Waals surface area contributed by atoms with Crippen molar-refractivity contribution < 1.29 is 15.0 Å². The number of aliphatic carboxylic acids is 1. The van der Waals surface area contributed by atoms with E-state index in [2.05, 4.69) is 6.92 Å². The Morgan fingerprint density at radius 2 is 1.35 bits per heavy atom. The number of aliphatic hydroxyl groups is 1. The average Bonchev–Trinajstić information content (AvgIpc) is 2.40. The third-order valence-electron chi connectivity index (χ3n) is 3.94. The number of unbranched alkanes of at least 4 members (excludes halogenated alkanes) is 9. The Morgan fingerprint density at radius 1 is 0.900 bits per heavy atom. The lowest BCUT2D eigenvalue weighted by Crippen LogP contribution is -2.18. The fraction of sp³-hybridized carbons (Fsp3) is 0.941. The second kappa shape index (κ2) is 13.4. The molecule has 0 saturated heterocycles. The van der Waals surface area contributed by atoms with Gasteiger partial charge in [-0.3, -0.25) is 4.79 Å². The highest BCUT2D eigenvalue weighted by Gasteiger charge is 2.15. The molecule has 0 amide bonds. The van der Waals surface area contributed by atoms with Gasteiger partial charge >= 0.3 is 5.97 Å². The Hall–Kier alpha value is -0.570. The van der Waals surface area contributed by atoms with Crippen molar-refractivity contribution >= 4 is 5.97 Å². The lowest BCUT2D eigenvalue weighted by atomic mass is 9.99. The molecule has 0 aromatic carbocycles. The van der Waals surface area contributed by atoms with Crippen LogP contribution in [0.4, 0.5) is 0 Å². The van der Waals surface area contributed by atoms with Crippen LogP contribution in [0, 0.1) is 5.92 Å². The summed E-state index contributed by atoms with van der Waals surface area (Å²) in [6.07, 6.45) is 13.5. The molecule has 2 N–H and O–H groups in total. The molecule has 0 heterocycles. The van der Waals surface area contributed by atoms with Crippen LogP contribution in [0.15, 0.2) is 0 Å². The Bertz CT molecular complexity index is 228. The third kappa shape index (κ3) is 12.5. The Morgan fingerprint density at radius 3 is 1.80 bits per heavy atom. The van der Waals surface area contributed by atoms with E-state index in [-0.39, 0.29) is 0 Å². The van der Waals surface area contributed by atoms with Crippen molar-refractivity contribution in [1.82, 2.24) is 0 Å². The Balaban J connectivity index is 3.25. The maximum Gasteiger partial charge on any atom is 0.306 e. The van der Waals surface area contributed by atoms with Crippen molar-refractivity contribution in [3.63, 3.8) is 0 Å². The van der Waals surface area contributed by atoms with Crippen molar-refractivity contribution in [2.45, 2.75) is 97.0 Å². The quantitative estimate of drug-likeness (QED) is 0.452. The number of hydrogen-bond donors (Lipinski definition) is 2. The number of hydrogen-bond acceptors (Lipinski definition) is 2. The summed E-state index contributed by atoms with van der Waals surface area (Å²) >= 11 is 0. The van der Waals surface area contributed by atoms with Crippen molar-refractivity contribution in [2.24, 2.45) is 5.92 Å². The first-order chi connectivity index (χ1) is 9.57. The second-order valence-electron chi connectivity index (χ2n) is 6.10. The van der Waals surface area contributed by atoms with E-state index < -0.39 is 18.0 Å². The first-order valence-electron chi connectivity index (χ1n) is 8.48. The summed E-state index contributed by atoms with van der Waals surface area (Å²) in [5.41, 5.74) is 0. The molecule has 3 nitrogen and oxygen atoms in total. The monoisotopic (exact) mass is 286 g/mol. The molecule has 0 aromatic rings. The standard InChI is InChI=1S/C17H34O3/c1-3-4-5-6-7-8-9-10-11-12-13-16(18)14-15(2)17(19)20/h15-16,18H,3-14H2,1-2H3,(H,19,20). The topological polar surface area (TPSA) is 57.5 Å². The van der Waals surface area contributed by atoms with Gasteiger partial charge in [0.25, 0.3) is 0 Å². The van der Waals surface area contributed by atoms with Crippen molar-refractivity contribution in [1.29, 1.82) is 0 Å². The van der Waals surface area contributed by atoms with Gasteiger partial charge in [-0.05, 0) is 12.8 Å². The molecule has 0 radical (unpaired) electrons. The minimum atomic E-state index is -0.813. The molecule has 2 atom stereocenters. The summed E-state index contributed by atoms with van der Waals surface area (Å²) in [5, 5.41) is 18.5. The molecule has 0 rings (SSSR count). The van der Waals surface area contributed by atoms with Crippen LogP contribution in [0.25, 0.3) is 0 Å². The second-order valence-corrected chi connectivity index (χ2v) is 6.10. The molecular weight excluding hydrogens is 252 g/mol. The molecule has 0 spiro atoms. The van der Waals surface area contributed by atoms with Gasteiger partial charge in [0.15, 0.2) is 0 Å². The van der Waals surface area contributed by atoms with Crippen molar-refractivity contribution in [2.75, 3.05) is 0 Å². The molecule has 120 valence electrons. The van der Waals surface area contributed by atoms with Gasteiger partial charge in [-0.1, -0.05) is 78.1 Å². The molecule has 0 aliphatic heterocycles. The zero-order valence-corrected chi connectivity index (χ0v) is 13.4. The van der Waals surface area contributed by atoms with Crippen LogP contribution in [0.5, 0.6) is 0 Å². The number of carboxylic acids is 1. The predicted molar refractivity (Wildman–Crippen MR) is 83.9 cm³/mol. The molecule has 0 bridgehead atoms. The highest BCUT2D eigenvalue weighted by atomic mass is 16.4. The van der Waals surface area contributed by atoms with Crippen molar-refractivity contribution in [3.05, 3.63) is 0 Å². The molecule has 0 aliphatic carbocycles. The van der Waals surface area contributed by atoms with Gasteiger partial charge in [-0.25, -0.2) is 0 Å². The van der Waals surface area contributed by atoms with Crippen LogP contribution in [-0.2, 0) is 4.79 Å². The van der Waals surface area contributed by atoms with E-state index in [1.807, 2.05) is 0 Å². The largest absolute Gasteiger partial charge is 0.481 e. The fourth-order valence-corrected chi connectivity index (χ4v) is 2.49. The van der Waals surface area contributed by atoms with Crippen LogP contribution in [0.2, 0.25) is 0 Å². The summed E-state index contributed by atoms with van der Waals surface area (Å²) in [6.45, 7) is 3.90. The van der Waals surface area contributed by atoms with Crippen LogP contribution in [-0.4, -0.2) is 22.3 Å². The van der Waals surface area contributed by atoms with E-state index in [1.54, 1.807) is 6.92 Å². The summed E-state index contributed by atoms with van der Waals surface area (Å²) in [4.78, 5) is 10.7. The highest BCUT2D eigenvalue weighted by Crippen LogP contribution is 2.15. The number of carboxylic acid groups (broad SMARTS) is 1. The van der Waals surface area contributed by atoms with Crippen molar-refractivity contribution in [3.8, 4) is 0 Å². The summed E-state index contributed by atoms with van der Waals surface area (Å²) in [5.74, 6) is -1.25. The fourth-order valence-electron chi connectivity index (χ4n) is 2.49. The summed E-state index contributed by atoms with van der Waals surface area (Å²) < 4.78 is 0. The van der Waals surface area contributed by atoms with Gasteiger partial charge in [0.2, 0.25) is 0 Å². The minimum absolute atomic E-state index is 0.382. The van der Waals surface area contributed by atoms with Crippen LogP contribution >= 0.6 is 0 Å². The van der Waals surface area contributed by atoms with Crippen LogP contribution < -0.4 is 0 Å². The van der Waals surface area contributed by atoms with E-state index in [9.17, 15) is 9.90 Å². The number of carbonyl (C=O) groups is 1. The van der Waals surface area contributed by atoms with Gasteiger partial charge in [-0.15, -0.1) is 0 Å². The zero-order valence-electron chi connectivity index (χ0n) is 13.4. The smallest absolute Gasteiger partial charge is 0.306 e. The molecule has 2 unspecified atom stereocenters.